The number of rotatable bonds is 6. The van der Waals surface area contributed by atoms with E-state index in [2.05, 4.69) is 0 Å². The number of hydrogen-bond donors (Lipinski definition) is 1. The van der Waals surface area contributed by atoms with Crippen LogP contribution in [0.1, 0.15) is 20.8 Å². The normalized spacial score (nSPS) is 8.75. The molecule has 0 aromatic rings. The van der Waals surface area contributed by atoms with Gasteiger partial charge in [-0.15, -0.1) is 0 Å². The molecule has 0 amide bonds. The molecule has 0 aliphatic rings. The van der Waals surface area contributed by atoms with Crippen molar-refractivity contribution in [3.63, 3.8) is 0 Å². The predicted octanol–water partition coefficient (Wildman–Crippen LogP) is 0.689. The molecule has 0 aliphatic heterocycles. The van der Waals surface area contributed by atoms with Crippen molar-refractivity contribution in [2.45, 2.75) is 20.8 Å². The summed E-state index contributed by atoms with van der Waals surface area (Å²) < 4.78 is 15.2. The minimum absolute atomic E-state index is 0.472. The van der Waals surface area contributed by atoms with Crippen molar-refractivity contribution in [3.8, 4) is 0 Å². The second kappa shape index (κ2) is 13.5. The van der Waals surface area contributed by atoms with Gasteiger partial charge in [0.25, 0.3) is 0 Å². The van der Waals surface area contributed by atoms with Gasteiger partial charge in [0.05, 0.1) is 0 Å². The molecule has 0 aliphatic carbocycles. The fourth-order valence-electron chi connectivity index (χ4n) is 0.553. The molecule has 0 saturated heterocycles. The third-order valence-electron chi connectivity index (χ3n) is 0.908. The van der Waals surface area contributed by atoms with Crippen LogP contribution in [0.3, 0.4) is 0 Å². The second-order valence-electron chi connectivity index (χ2n) is 1.65. The summed E-state index contributed by atoms with van der Waals surface area (Å²) in [5.74, 6) is 0. The van der Waals surface area contributed by atoms with Gasteiger partial charge in [0.15, 0.2) is 0 Å². The van der Waals surface area contributed by atoms with E-state index in [1.807, 2.05) is 20.8 Å². The van der Waals surface area contributed by atoms with Gasteiger partial charge in [-0.3, -0.25) is 0 Å². The zero-order valence-corrected chi connectivity index (χ0v) is 8.37. The number of hydrogen-bond acceptors (Lipinski definition) is 4. The highest BCUT2D eigenvalue weighted by atomic mass is 16.7. The molecule has 1 N–H and O–H groups in total. The van der Waals surface area contributed by atoms with Crippen LogP contribution < -0.4 is 0 Å². The van der Waals surface area contributed by atoms with E-state index in [0.29, 0.717) is 19.8 Å². The zero-order chi connectivity index (χ0) is 9.82. The van der Waals surface area contributed by atoms with E-state index < -0.39 is 7.32 Å². The Hall–Kier alpha value is -0.0951. The maximum atomic E-state index is 7.00. The summed E-state index contributed by atoms with van der Waals surface area (Å²) in [7, 11) is 0.528. The maximum Gasteiger partial charge on any atom is 0.639 e. The molecule has 0 spiro atoms. The van der Waals surface area contributed by atoms with E-state index in [1.165, 1.54) is 0 Å². The van der Waals surface area contributed by atoms with Crippen LogP contribution in [0.5, 0.6) is 0 Å². The van der Waals surface area contributed by atoms with Gasteiger partial charge in [0.2, 0.25) is 0 Å². The van der Waals surface area contributed by atoms with Crippen molar-refractivity contribution in [2.75, 3.05) is 26.9 Å². The Balaban J connectivity index is 0. The number of aliphatic hydroxyl groups excluding tert-OH is 1. The predicted molar refractivity (Wildman–Crippen MR) is 48.8 cm³/mol. The molecular formula is C7H19BO4. The monoisotopic (exact) mass is 178 g/mol. The van der Waals surface area contributed by atoms with E-state index in [1.54, 1.807) is 0 Å². The summed E-state index contributed by atoms with van der Waals surface area (Å²) in [6, 6.07) is 0. The first-order valence-electron chi connectivity index (χ1n) is 4.14. The average molecular weight is 178 g/mol. The van der Waals surface area contributed by atoms with Crippen LogP contribution in [-0.4, -0.2) is 39.4 Å². The molecule has 0 heterocycles. The molecular weight excluding hydrogens is 159 g/mol. The van der Waals surface area contributed by atoms with Gasteiger partial charge in [0.1, 0.15) is 0 Å². The Bertz CT molecular complexity index is 58.2. The highest BCUT2D eigenvalue weighted by Crippen LogP contribution is 1.90. The van der Waals surface area contributed by atoms with Crippen molar-refractivity contribution in [2.24, 2.45) is 0 Å². The van der Waals surface area contributed by atoms with E-state index >= 15 is 0 Å². The van der Waals surface area contributed by atoms with Gasteiger partial charge in [-0.25, -0.2) is 0 Å². The minimum atomic E-state index is -0.472. The summed E-state index contributed by atoms with van der Waals surface area (Å²) in [5, 5.41) is 7.00. The van der Waals surface area contributed by atoms with Crippen LogP contribution in [-0.2, 0) is 14.0 Å². The molecule has 0 radical (unpaired) electrons. The highest BCUT2D eigenvalue weighted by molar-refractivity contribution is 6.36. The topological polar surface area (TPSA) is 47.9 Å². The largest absolute Gasteiger partial charge is 0.639 e. The summed E-state index contributed by atoms with van der Waals surface area (Å²) >= 11 is 0. The summed E-state index contributed by atoms with van der Waals surface area (Å²) in [4.78, 5) is 0. The Morgan fingerprint density at radius 1 is 0.833 bits per heavy atom. The summed E-state index contributed by atoms with van der Waals surface area (Å²) in [6.07, 6.45) is 0. The molecule has 0 bridgehead atoms. The van der Waals surface area contributed by atoms with Crippen LogP contribution in [0.25, 0.3) is 0 Å². The first-order chi connectivity index (χ1) is 5.85. The molecule has 74 valence electrons. The molecule has 5 heteroatoms. The molecule has 0 unspecified atom stereocenters. The smallest absolute Gasteiger partial charge is 0.400 e. The fourth-order valence-corrected chi connectivity index (χ4v) is 0.553. The van der Waals surface area contributed by atoms with Crippen LogP contribution in [0.4, 0.5) is 0 Å². The molecule has 0 aromatic carbocycles. The lowest BCUT2D eigenvalue weighted by atomic mass is 10.2. The molecule has 0 fully saturated rings. The van der Waals surface area contributed by atoms with Crippen LogP contribution >= 0.6 is 0 Å². The average Bonchev–Trinajstić information content (AvgIpc) is 2.10. The third-order valence-corrected chi connectivity index (χ3v) is 0.908. The molecule has 0 atom stereocenters. The Kier molecular flexibility index (Phi) is 16.2. The van der Waals surface area contributed by atoms with Crippen molar-refractivity contribution in [1.82, 2.24) is 0 Å². The van der Waals surface area contributed by atoms with Gasteiger partial charge in [-0.05, 0) is 20.8 Å². The summed E-state index contributed by atoms with van der Waals surface area (Å²) in [6.45, 7) is 7.57. The van der Waals surface area contributed by atoms with Crippen molar-refractivity contribution in [3.05, 3.63) is 0 Å². The van der Waals surface area contributed by atoms with E-state index in [9.17, 15) is 0 Å². The second-order valence-corrected chi connectivity index (χ2v) is 1.65. The molecule has 0 rings (SSSR count). The van der Waals surface area contributed by atoms with Crippen LogP contribution in [0.2, 0.25) is 0 Å². The molecule has 0 saturated carbocycles. The Morgan fingerprint density at radius 2 is 1.08 bits per heavy atom. The molecule has 4 nitrogen and oxygen atoms in total. The molecule has 12 heavy (non-hydrogen) atoms. The van der Waals surface area contributed by atoms with Crippen LogP contribution in [0.15, 0.2) is 0 Å². The van der Waals surface area contributed by atoms with E-state index in [0.717, 1.165) is 7.11 Å². The fraction of sp³-hybridized carbons (Fsp3) is 1.00. The van der Waals surface area contributed by atoms with Crippen molar-refractivity contribution >= 4 is 7.32 Å². The zero-order valence-electron chi connectivity index (χ0n) is 8.37. The first-order valence-corrected chi connectivity index (χ1v) is 4.14. The first kappa shape index (κ1) is 14.4. The van der Waals surface area contributed by atoms with Gasteiger partial charge in [-0.1, -0.05) is 0 Å². The van der Waals surface area contributed by atoms with Gasteiger partial charge < -0.3 is 19.1 Å². The lowest BCUT2D eigenvalue weighted by Gasteiger charge is -2.09. The maximum absolute atomic E-state index is 7.00. The van der Waals surface area contributed by atoms with Crippen molar-refractivity contribution < 1.29 is 19.1 Å². The minimum Gasteiger partial charge on any atom is -0.400 e. The lowest BCUT2D eigenvalue weighted by molar-refractivity contribution is 0.107. The standard InChI is InChI=1S/C6H15BO3.CH4O/c1-4-8-7(9-5-2)10-6-3;1-2/h4-6H2,1-3H3;2H,1H3. The van der Waals surface area contributed by atoms with Gasteiger partial charge in [-0.2, -0.15) is 0 Å². The van der Waals surface area contributed by atoms with Gasteiger partial charge >= 0.3 is 7.32 Å². The Labute approximate surface area is 75.0 Å². The Morgan fingerprint density at radius 3 is 1.25 bits per heavy atom. The van der Waals surface area contributed by atoms with Crippen LogP contribution in [0, 0.1) is 0 Å². The number of aliphatic hydroxyl groups is 1. The molecule has 0 aromatic heterocycles. The SMILES string of the molecule is CCOB(OCC)OCC.CO. The van der Waals surface area contributed by atoms with Gasteiger partial charge in [0, 0.05) is 26.9 Å². The van der Waals surface area contributed by atoms with E-state index in [4.69, 9.17) is 19.1 Å². The lowest BCUT2D eigenvalue weighted by Crippen LogP contribution is -2.27. The highest BCUT2D eigenvalue weighted by Gasteiger charge is 2.17. The third kappa shape index (κ3) is 9.90. The van der Waals surface area contributed by atoms with E-state index in [-0.39, 0.29) is 0 Å². The quantitative estimate of drug-likeness (QED) is 0.608. The van der Waals surface area contributed by atoms with Crippen molar-refractivity contribution in [1.29, 1.82) is 0 Å². The summed E-state index contributed by atoms with van der Waals surface area (Å²) in [5.41, 5.74) is 0.